The molecule has 2 amide bonds. The van der Waals surface area contributed by atoms with Gasteiger partial charge in [-0.05, 0) is 54.8 Å². The molecule has 0 bridgehead atoms. The van der Waals surface area contributed by atoms with Gasteiger partial charge in [-0.1, -0.05) is 12.1 Å². The van der Waals surface area contributed by atoms with Gasteiger partial charge in [0.2, 0.25) is 6.79 Å². The number of nitrogens with zero attached hydrogens (tertiary/aromatic N) is 2. The molecule has 7 nitrogen and oxygen atoms in total. The van der Waals surface area contributed by atoms with Crippen molar-refractivity contribution >= 4 is 17.5 Å². The van der Waals surface area contributed by atoms with Gasteiger partial charge in [-0.3, -0.25) is 14.5 Å². The van der Waals surface area contributed by atoms with Crippen LogP contribution >= 0.6 is 0 Å². The molecular weight excluding hydrogens is 370 g/mol. The Hall–Kier alpha value is -3.06. The first-order chi connectivity index (χ1) is 14.0. The highest BCUT2D eigenvalue weighted by Gasteiger charge is 2.26. The van der Waals surface area contributed by atoms with Crippen LogP contribution in [0.1, 0.15) is 16.7 Å². The molecule has 0 radical (unpaired) electrons. The number of rotatable bonds is 3. The SMILES string of the molecule is Cc1cc(C)cc(NC(=O)C(=O)N2CCN(Cc3ccc4c(c3)OCO4)CC2)c1. The van der Waals surface area contributed by atoms with Gasteiger partial charge in [-0.2, -0.15) is 0 Å². The summed E-state index contributed by atoms with van der Waals surface area (Å²) >= 11 is 0. The Morgan fingerprint density at radius 1 is 0.931 bits per heavy atom. The average Bonchev–Trinajstić information content (AvgIpc) is 3.15. The van der Waals surface area contributed by atoms with Crippen molar-refractivity contribution in [3.63, 3.8) is 0 Å². The summed E-state index contributed by atoms with van der Waals surface area (Å²) in [5, 5.41) is 2.73. The number of benzene rings is 2. The summed E-state index contributed by atoms with van der Waals surface area (Å²) in [5.74, 6) is 0.490. The third kappa shape index (κ3) is 4.51. The predicted octanol–water partition coefficient (Wildman–Crippen LogP) is 2.32. The molecule has 7 heteroatoms. The Bertz CT molecular complexity index is 915. The lowest BCUT2D eigenvalue weighted by molar-refractivity contribution is -0.144. The smallest absolute Gasteiger partial charge is 0.313 e. The van der Waals surface area contributed by atoms with Crippen molar-refractivity contribution in [3.8, 4) is 11.5 Å². The number of ether oxygens (including phenoxy) is 2. The predicted molar refractivity (Wildman–Crippen MR) is 109 cm³/mol. The van der Waals surface area contributed by atoms with Gasteiger partial charge < -0.3 is 19.7 Å². The van der Waals surface area contributed by atoms with Crippen molar-refractivity contribution in [2.24, 2.45) is 0 Å². The summed E-state index contributed by atoms with van der Waals surface area (Å²) in [5.41, 5.74) is 3.89. The van der Waals surface area contributed by atoms with Gasteiger partial charge in [0.25, 0.3) is 0 Å². The van der Waals surface area contributed by atoms with E-state index in [-0.39, 0.29) is 6.79 Å². The Balaban J connectivity index is 1.29. The molecule has 2 aromatic carbocycles. The van der Waals surface area contributed by atoms with E-state index in [4.69, 9.17) is 9.47 Å². The quantitative estimate of drug-likeness (QED) is 0.808. The van der Waals surface area contributed by atoms with Gasteiger partial charge in [0.1, 0.15) is 0 Å². The van der Waals surface area contributed by atoms with E-state index >= 15 is 0 Å². The fraction of sp³-hybridized carbons (Fsp3) is 0.364. The average molecular weight is 395 g/mol. The largest absolute Gasteiger partial charge is 0.454 e. The zero-order valence-corrected chi connectivity index (χ0v) is 16.7. The molecule has 2 aliphatic heterocycles. The second kappa shape index (κ2) is 8.13. The standard InChI is InChI=1S/C22H25N3O4/c1-15-9-16(2)11-18(10-15)23-21(26)22(27)25-7-5-24(6-8-25)13-17-3-4-19-20(12-17)29-14-28-19/h3-4,9-12H,5-8,13-14H2,1-2H3,(H,23,26). The minimum absolute atomic E-state index is 0.268. The van der Waals surface area contributed by atoms with E-state index in [0.29, 0.717) is 18.8 Å². The zero-order valence-electron chi connectivity index (χ0n) is 16.7. The van der Waals surface area contributed by atoms with Gasteiger partial charge in [0.05, 0.1) is 0 Å². The Labute approximate surface area is 170 Å². The lowest BCUT2D eigenvalue weighted by atomic mass is 10.1. The third-order valence-electron chi connectivity index (χ3n) is 5.18. The number of aryl methyl sites for hydroxylation is 2. The number of hydrogen-bond acceptors (Lipinski definition) is 5. The summed E-state index contributed by atoms with van der Waals surface area (Å²) in [6.45, 7) is 7.46. The molecule has 152 valence electrons. The van der Waals surface area contributed by atoms with Gasteiger partial charge in [-0.15, -0.1) is 0 Å². The van der Waals surface area contributed by atoms with Crippen LogP contribution in [0.3, 0.4) is 0 Å². The summed E-state index contributed by atoms with van der Waals surface area (Å²) in [7, 11) is 0. The maximum Gasteiger partial charge on any atom is 0.313 e. The van der Waals surface area contributed by atoms with Crippen LogP contribution in [-0.4, -0.2) is 54.6 Å². The highest BCUT2D eigenvalue weighted by molar-refractivity contribution is 6.39. The molecule has 1 saturated heterocycles. The van der Waals surface area contributed by atoms with Crippen LogP contribution in [0.5, 0.6) is 11.5 Å². The van der Waals surface area contributed by atoms with Crippen LogP contribution in [0.15, 0.2) is 36.4 Å². The first kappa shape index (κ1) is 19.3. The van der Waals surface area contributed by atoms with Crippen molar-refractivity contribution < 1.29 is 19.1 Å². The minimum Gasteiger partial charge on any atom is -0.454 e. The number of fused-ring (bicyclic) bond motifs is 1. The minimum atomic E-state index is -0.584. The first-order valence-corrected chi connectivity index (χ1v) is 9.77. The maximum absolute atomic E-state index is 12.5. The lowest BCUT2D eigenvalue weighted by Crippen LogP contribution is -2.51. The van der Waals surface area contributed by atoms with E-state index in [9.17, 15) is 9.59 Å². The molecular formula is C22H25N3O4. The van der Waals surface area contributed by atoms with Crippen LogP contribution in [0.4, 0.5) is 5.69 Å². The van der Waals surface area contributed by atoms with Crippen LogP contribution in [0.2, 0.25) is 0 Å². The fourth-order valence-corrected chi connectivity index (χ4v) is 3.78. The van der Waals surface area contributed by atoms with Gasteiger partial charge in [-0.25, -0.2) is 0 Å². The number of nitrogens with one attached hydrogen (secondary N) is 1. The number of carbonyl (C=O) groups excluding carboxylic acids is 2. The van der Waals surface area contributed by atoms with E-state index in [0.717, 1.165) is 47.8 Å². The zero-order chi connectivity index (χ0) is 20.4. The number of piperazine rings is 1. The molecule has 2 aliphatic rings. The monoisotopic (exact) mass is 395 g/mol. The molecule has 2 aromatic rings. The molecule has 0 spiro atoms. The molecule has 0 unspecified atom stereocenters. The van der Waals surface area contributed by atoms with Crippen LogP contribution in [0, 0.1) is 13.8 Å². The number of amides is 2. The lowest BCUT2D eigenvalue weighted by Gasteiger charge is -2.34. The molecule has 0 saturated carbocycles. The fourth-order valence-electron chi connectivity index (χ4n) is 3.78. The molecule has 2 heterocycles. The second-order valence-electron chi connectivity index (χ2n) is 7.59. The number of carbonyl (C=O) groups is 2. The van der Waals surface area contributed by atoms with E-state index < -0.39 is 11.8 Å². The third-order valence-corrected chi connectivity index (χ3v) is 5.18. The van der Waals surface area contributed by atoms with Gasteiger partial charge >= 0.3 is 11.8 Å². The number of hydrogen-bond donors (Lipinski definition) is 1. The molecule has 29 heavy (non-hydrogen) atoms. The second-order valence-corrected chi connectivity index (χ2v) is 7.59. The highest BCUT2D eigenvalue weighted by atomic mass is 16.7. The van der Waals surface area contributed by atoms with Crippen molar-refractivity contribution in [1.82, 2.24) is 9.80 Å². The Morgan fingerprint density at radius 3 is 2.34 bits per heavy atom. The summed E-state index contributed by atoms with van der Waals surface area (Å²) in [6.07, 6.45) is 0. The van der Waals surface area contributed by atoms with Gasteiger partial charge in [0, 0.05) is 38.4 Å². The van der Waals surface area contributed by atoms with E-state index in [1.54, 1.807) is 4.90 Å². The highest BCUT2D eigenvalue weighted by Crippen LogP contribution is 2.32. The summed E-state index contributed by atoms with van der Waals surface area (Å²) < 4.78 is 10.8. The molecule has 0 aliphatic carbocycles. The topological polar surface area (TPSA) is 71.1 Å². The first-order valence-electron chi connectivity index (χ1n) is 9.77. The molecule has 0 aromatic heterocycles. The Kier molecular flexibility index (Phi) is 5.40. The van der Waals surface area contributed by atoms with E-state index in [2.05, 4.69) is 10.2 Å². The molecule has 1 fully saturated rings. The van der Waals surface area contributed by atoms with Crippen LogP contribution < -0.4 is 14.8 Å². The summed E-state index contributed by atoms with van der Waals surface area (Å²) in [4.78, 5) is 28.8. The van der Waals surface area contributed by atoms with Crippen LogP contribution in [-0.2, 0) is 16.1 Å². The molecule has 0 atom stereocenters. The van der Waals surface area contributed by atoms with Crippen molar-refractivity contribution in [3.05, 3.63) is 53.1 Å². The molecule has 4 rings (SSSR count). The van der Waals surface area contributed by atoms with Crippen LogP contribution in [0.25, 0.3) is 0 Å². The number of anilines is 1. The summed E-state index contributed by atoms with van der Waals surface area (Å²) in [6, 6.07) is 11.7. The Morgan fingerprint density at radius 2 is 1.62 bits per heavy atom. The van der Waals surface area contributed by atoms with Crippen molar-refractivity contribution in [2.45, 2.75) is 20.4 Å². The van der Waals surface area contributed by atoms with Gasteiger partial charge in [0.15, 0.2) is 11.5 Å². The molecule has 1 N–H and O–H groups in total. The maximum atomic E-state index is 12.5. The van der Waals surface area contributed by atoms with E-state index in [1.165, 1.54) is 0 Å². The van der Waals surface area contributed by atoms with E-state index in [1.807, 2.05) is 50.2 Å². The van der Waals surface area contributed by atoms with Crippen molar-refractivity contribution in [1.29, 1.82) is 0 Å². The normalized spacial score (nSPS) is 16.0. The van der Waals surface area contributed by atoms with Crippen molar-refractivity contribution in [2.75, 3.05) is 38.3 Å².